The molecule has 2 rings (SSSR count). The maximum absolute atomic E-state index is 11.2. The molecule has 1 heterocycles. The Balaban J connectivity index is 2.24. The third-order valence-electron chi connectivity index (χ3n) is 3.67. The molecule has 6 heteroatoms. The van der Waals surface area contributed by atoms with Crippen molar-refractivity contribution in [2.45, 2.75) is 19.4 Å². The van der Waals surface area contributed by atoms with E-state index in [1.165, 1.54) is 7.05 Å². The van der Waals surface area contributed by atoms with Gasteiger partial charge in [-0.25, -0.2) is 9.24 Å². The number of fused-ring (bicyclic) bond motifs is 1. The van der Waals surface area contributed by atoms with Crippen molar-refractivity contribution in [1.82, 2.24) is 4.67 Å². The quantitative estimate of drug-likeness (QED) is 0.615. The third-order valence-corrected chi connectivity index (χ3v) is 4.75. The standard InChI is InChI=1S/C17H22NO4P/c1-3-7-16-12-14(9-6-11-18(2)23(19,20)21)17-10-5-4-8-15(17)13-22-16/h3-5,8-10,12H,1,6-7,11,13H2,2H3,(H2,19,20,21)/b14-9+. The summed E-state index contributed by atoms with van der Waals surface area (Å²) in [5.74, 6) is 0.839. The zero-order chi connectivity index (χ0) is 16.9. The van der Waals surface area contributed by atoms with E-state index in [1.54, 1.807) is 6.08 Å². The van der Waals surface area contributed by atoms with Crippen LogP contribution in [0.3, 0.4) is 0 Å². The molecule has 1 aliphatic heterocycles. The Hall–Kier alpha value is -1.65. The normalized spacial score (nSPS) is 16.5. The summed E-state index contributed by atoms with van der Waals surface area (Å²) in [6.45, 7) is 4.53. The highest BCUT2D eigenvalue weighted by Crippen LogP contribution is 2.38. The molecule has 0 fully saturated rings. The number of ether oxygens (including phenoxy) is 1. The van der Waals surface area contributed by atoms with Crippen molar-refractivity contribution in [1.29, 1.82) is 0 Å². The molecule has 1 aliphatic rings. The molecule has 0 saturated heterocycles. The van der Waals surface area contributed by atoms with E-state index in [2.05, 4.69) is 6.58 Å². The van der Waals surface area contributed by atoms with Crippen LogP contribution in [0.25, 0.3) is 5.57 Å². The Morgan fingerprint density at radius 2 is 2.13 bits per heavy atom. The lowest BCUT2D eigenvalue weighted by molar-refractivity contribution is 0.196. The van der Waals surface area contributed by atoms with Gasteiger partial charge in [0.05, 0.1) is 0 Å². The highest BCUT2D eigenvalue weighted by molar-refractivity contribution is 7.49. The molecular formula is C17H22NO4P. The van der Waals surface area contributed by atoms with E-state index in [0.29, 0.717) is 19.4 Å². The molecule has 0 amide bonds. The van der Waals surface area contributed by atoms with Crippen LogP contribution in [-0.2, 0) is 15.9 Å². The summed E-state index contributed by atoms with van der Waals surface area (Å²) in [6, 6.07) is 8.00. The first-order valence-electron chi connectivity index (χ1n) is 7.41. The van der Waals surface area contributed by atoms with Crippen LogP contribution in [0.15, 0.2) is 54.8 Å². The van der Waals surface area contributed by atoms with Crippen LogP contribution in [0.1, 0.15) is 24.0 Å². The Bertz CT molecular complexity index is 675. The van der Waals surface area contributed by atoms with E-state index < -0.39 is 7.75 Å². The summed E-state index contributed by atoms with van der Waals surface area (Å²) in [5.41, 5.74) is 3.19. The van der Waals surface area contributed by atoms with Crippen molar-refractivity contribution in [3.63, 3.8) is 0 Å². The fourth-order valence-corrected chi connectivity index (χ4v) is 2.73. The zero-order valence-electron chi connectivity index (χ0n) is 13.2. The highest BCUT2D eigenvalue weighted by Gasteiger charge is 2.19. The lowest BCUT2D eigenvalue weighted by Gasteiger charge is -2.16. The second-order valence-corrected chi connectivity index (χ2v) is 7.10. The van der Waals surface area contributed by atoms with E-state index >= 15 is 0 Å². The minimum Gasteiger partial charge on any atom is -0.493 e. The monoisotopic (exact) mass is 335 g/mol. The Kier molecular flexibility index (Phi) is 5.97. The number of rotatable bonds is 6. The number of hydrogen-bond donors (Lipinski definition) is 2. The fourth-order valence-electron chi connectivity index (χ4n) is 2.36. The van der Waals surface area contributed by atoms with Crippen LogP contribution < -0.4 is 0 Å². The largest absolute Gasteiger partial charge is 0.493 e. The maximum atomic E-state index is 11.2. The molecule has 1 aromatic carbocycles. The second-order valence-electron chi connectivity index (χ2n) is 5.39. The van der Waals surface area contributed by atoms with Gasteiger partial charge in [0, 0.05) is 13.0 Å². The van der Waals surface area contributed by atoms with Crippen molar-refractivity contribution in [3.8, 4) is 0 Å². The molecule has 0 bridgehead atoms. The number of allylic oxidation sites excluding steroid dienone is 3. The highest BCUT2D eigenvalue weighted by atomic mass is 31.2. The molecule has 0 aromatic heterocycles. The van der Waals surface area contributed by atoms with Gasteiger partial charge in [0.15, 0.2) is 0 Å². The van der Waals surface area contributed by atoms with E-state index in [9.17, 15) is 4.57 Å². The second kappa shape index (κ2) is 7.75. The van der Waals surface area contributed by atoms with Gasteiger partial charge in [0.25, 0.3) is 0 Å². The van der Waals surface area contributed by atoms with E-state index in [0.717, 1.165) is 27.1 Å². The average Bonchev–Trinajstić information content (AvgIpc) is 2.67. The molecule has 5 nitrogen and oxygen atoms in total. The molecule has 23 heavy (non-hydrogen) atoms. The first-order valence-corrected chi connectivity index (χ1v) is 8.98. The molecule has 0 unspecified atom stereocenters. The minimum atomic E-state index is -4.17. The van der Waals surface area contributed by atoms with Crippen molar-refractivity contribution >= 4 is 13.3 Å². The third kappa shape index (κ3) is 4.91. The van der Waals surface area contributed by atoms with Crippen molar-refractivity contribution in [3.05, 3.63) is 66.0 Å². The summed E-state index contributed by atoms with van der Waals surface area (Å²) in [6.07, 6.45) is 6.94. The first kappa shape index (κ1) is 17.7. The molecule has 1 aromatic rings. The average molecular weight is 335 g/mol. The van der Waals surface area contributed by atoms with Crippen LogP contribution in [0.4, 0.5) is 0 Å². The van der Waals surface area contributed by atoms with Gasteiger partial charge in [0.1, 0.15) is 12.4 Å². The van der Waals surface area contributed by atoms with Gasteiger partial charge in [-0.2, -0.15) is 0 Å². The van der Waals surface area contributed by atoms with Crippen LogP contribution in [0.5, 0.6) is 0 Å². The minimum absolute atomic E-state index is 0.279. The Morgan fingerprint density at radius 1 is 1.39 bits per heavy atom. The Morgan fingerprint density at radius 3 is 2.83 bits per heavy atom. The molecule has 2 N–H and O–H groups in total. The molecule has 0 spiro atoms. The topological polar surface area (TPSA) is 70.0 Å². The van der Waals surface area contributed by atoms with Crippen LogP contribution in [0.2, 0.25) is 0 Å². The molecule has 0 atom stereocenters. The molecule has 124 valence electrons. The lowest BCUT2D eigenvalue weighted by Crippen LogP contribution is -2.15. The Labute approximate surface area is 136 Å². The van der Waals surface area contributed by atoms with Crippen LogP contribution >= 0.6 is 7.75 Å². The van der Waals surface area contributed by atoms with E-state index in [4.69, 9.17) is 14.5 Å². The summed E-state index contributed by atoms with van der Waals surface area (Å²) in [7, 11) is -2.75. The molecular weight excluding hydrogens is 313 g/mol. The van der Waals surface area contributed by atoms with Gasteiger partial charge < -0.3 is 14.5 Å². The van der Waals surface area contributed by atoms with Gasteiger partial charge in [0.2, 0.25) is 0 Å². The number of hydrogen-bond acceptors (Lipinski definition) is 2. The summed E-state index contributed by atoms with van der Waals surface area (Å²) in [5, 5.41) is 0. The van der Waals surface area contributed by atoms with Crippen molar-refractivity contribution in [2.75, 3.05) is 13.6 Å². The SMILES string of the molecule is C=CCC1=C/C(=C\CCN(C)P(=O)(O)O)c2ccccc2CO1. The summed E-state index contributed by atoms with van der Waals surface area (Å²) >= 11 is 0. The summed E-state index contributed by atoms with van der Waals surface area (Å²) < 4.78 is 18.0. The van der Waals surface area contributed by atoms with E-state index in [1.807, 2.05) is 36.4 Å². The first-order chi connectivity index (χ1) is 10.9. The molecule has 0 aliphatic carbocycles. The van der Waals surface area contributed by atoms with Crippen molar-refractivity contribution in [2.24, 2.45) is 0 Å². The lowest BCUT2D eigenvalue weighted by atomic mass is 9.99. The zero-order valence-corrected chi connectivity index (χ0v) is 14.1. The van der Waals surface area contributed by atoms with Crippen LogP contribution in [-0.4, -0.2) is 28.0 Å². The number of nitrogens with zero attached hydrogens (tertiary/aromatic N) is 1. The predicted octanol–water partition coefficient (Wildman–Crippen LogP) is 3.47. The summed E-state index contributed by atoms with van der Waals surface area (Å²) in [4.78, 5) is 18.2. The fraction of sp³-hybridized carbons (Fsp3) is 0.294. The number of benzene rings is 1. The van der Waals surface area contributed by atoms with Gasteiger partial charge in [-0.15, -0.1) is 6.58 Å². The van der Waals surface area contributed by atoms with Gasteiger partial charge in [-0.1, -0.05) is 36.4 Å². The van der Waals surface area contributed by atoms with Crippen molar-refractivity contribution < 1.29 is 19.1 Å². The van der Waals surface area contributed by atoms with Gasteiger partial charge in [-0.3, -0.25) is 0 Å². The van der Waals surface area contributed by atoms with Gasteiger partial charge >= 0.3 is 7.75 Å². The predicted molar refractivity (Wildman–Crippen MR) is 91.4 cm³/mol. The smallest absolute Gasteiger partial charge is 0.402 e. The van der Waals surface area contributed by atoms with Gasteiger partial charge in [-0.05, 0) is 36.2 Å². The molecule has 0 radical (unpaired) electrons. The van der Waals surface area contributed by atoms with E-state index in [-0.39, 0.29) is 6.54 Å². The van der Waals surface area contributed by atoms with Crippen LogP contribution in [0, 0.1) is 0 Å². The maximum Gasteiger partial charge on any atom is 0.402 e. The molecule has 0 saturated carbocycles.